The number of carbonyl (C=O) groups is 1. The van der Waals surface area contributed by atoms with Crippen LogP contribution in [0.5, 0.6) is 0 Å². The number of aliphatic hydroxyl groups is 1. The Bertz CT molecular complexity index is 856. The van der Waals surface area contributed by atoms with E-state index < -0.39 is 0 Å². The van der Waals surface area contributed by atoms with Gasteiger partial charge in [0, 0.05) is 18.3 Å². The maximum absolute atomic E-state index is 12.4. The number of allylic oxidation sites excluding steroid dienone is 4. The van der Waals surface area contributed by atoms with Crippen molar-refractivity contribution in [1.82, 2.24) is 14.7 Å². The predicted molar refractivity (Wildman–Crippen MR) is 78.4 cm³/mol. The quantitative estimate of drug-likeness (QED) is 0.885. The summed E-state index contributed by atoms with van der Waals surface area (Å²) >= 11 is 0. The van der Waals surface area contributed by atoms with Crippen molar-refractivity contribution in [2.75, 3.05) is 0 Å². The minimum absolute atomic E-state index is 0.104. The number of carbonyl (C=O) groups excluding carboxylic acids is 1. The van der Waals surface area contributed by atoms with Gasteiger partial charge in [-0.3, -0.25) is 4.79 Å². The highest BCUT2D eigenvalue weighted by Crippen LogP contribution is 2.31. The Morgan fingerprint density at radius 1 is 1.33 bits per heavy atom. The van der Waals surface area contributed by atoms with Gasteiger partial charge in [-0.05, 0) is 30.7 Å². The van der Waals surface area contributed by atoms with E-state index in [-0.39, 0.29) is 17.2 Å². The van der Waals surface area contributed by atoms with Crippen molar-refractivity contribution in [3.05, 3.63) is 65.5 Å². The molecule has 1 amide bonds. The van der Waals surface area contributed by atoms with E-state index in [0.29, 0.717) is 18.5 Å². The highest BCUT2D eigenvalue weighted by Gasteiger charge is 2.29. The van der Waals surface area contributed by atoms with Crippen LogP contribution in [0.4, 0.5) is 0 Å². The molecule has 2 aliphatic rings. The van der Waals surface area contributed by atoms with Crippen molar-refractivity contribution >= 4 is 17.1 Å². The van der Waals surface area contributed by atoms with Crippen molar-refractivity contribution in [3.8, 4) is 0 Å². The lowest BCUT2D eigenvalue weighted by molar-refractivity contribution is -0.115. The molecule has 0 unspecified atom stereocenters. The fourth-order valence-corrected chi connectivity index (χ4v) is 2.69. The fourth-order valence-electron chi connectivity index (χ4n) is 2.69. The molecule has 0 aromatic carbocycles. The monoisotopic (exact) mass is 279 g/mol. The summed E-state index contributed by atoms with van der Waals surface area (Å²) in [5.74, 6) is -0.209. The number of aromatic nitrogens is 2. The van der Waals surface area contributed by atoms with Gasteiger partial charge in [-0.2, -0.15) is 0 Å². The molecule has 4 rings (SSSR count). The van der Waals surface area contributed by atoms with Crippen molar-refractivity contribution in [2.45, 2.75) is 12.8 Å². The van der Waals surface area contributed by atoms with Gasteiger partial charge in [-0.25, -0.2) is 4.98 Å². The van der Waals surface area contributed by atoms with Crippen LogP contribution in [-0.2, 0) is 11.2 Å². The summed E-state index contributed by atoms with van der Waals surface area (Å²) in [4.78, 5) is 16.9. The smallest absolute Gasteiger partial charge is 0.261 e. The molecule has 0 aliphatic heterocycles. The molecule has 0 spiro atoms. The van der Waals surface area contributed by atoms with E-state index in [1.54, 1.807) is 0 Å². The van der Waals surface area contributed by atoms with E-state index in [1.807, 2.05) is 47.0 Å². The zero-order valence-corrected chi connectivity index (χ0v) is 11.2. The summed E-state index contributed by atoms with van der Waals surface area (Å²) in [6.45, 7) is 0. The van der Waals surface area contributed by atoms with E-state index >= 15 is 0 Å². The lowest BCUT2D eigenvalue weighted by Crippen LogP contribution is -2.27. The summed E-state index contributed by atoms with van der Waals surface area (Å²) in [6, 6.07) is 5.72. The van der Waals surface area contributed by atoms with Crippen LogP contribution in [0.3, 0.4) is 0 Å². The molecule has 0 radical (unpaired) electrons. The summed E-state index contributed by atoms with van der Waals surface area (Å²) in [7, 11) is 0. The van der Waals surface area contributed by atoms with Gasteiger partial charge in [0.05, 0.1) is 5.69 Å². The number of nitrogens with zero attached hydrogens (tertiary/aromatic N) is 2. The molecular formula is C16H13N3O2. The van der Waals surface area contributed by atoms with Crippen molar-refractivity contribution in [3.63, 3.8) is 0 Å². The van der Waals surface area contributed by atoms with Gasteiger partial charge in [-0.1, -0.05) is 12.1 Å². The topological polar surface area (TPSA) is 66.6 Å². The van der Waals surface area contributed by atoms with Gasteiger partial charge < -0.3 is 14.8 Å². The molecule has 0 saturated carbocycles. The zero-order chi connectivity index (χ0) is 14.4. The molecular weight excluding hydrogens is 266 g/mol. The van der Waals surface area contributed by atoms with E-state index in [4.69, 9.17) is 0 Å². The first-order valence-corrected chi connectivity index (χ1v) is 6.82. The van der Waals surface area contributed by atoms with Crippen molar-refractivity contribution < 1.29 is 9.90 Å². The molecule has 2 heterocycles. The first-order chi connectivity index (χ1) is 10.2. The van der Waals surface area contributed by atoms with Crippen LogP contribution in [0.2, 0.25) is 0 Å². The molecule has 0 bridgehead atoms. The van der Waals surface area contributed by atoms with Gasteiger partial charge in [-0.15, -0.1) is 0 Å². The predicted octanol–water partition coefficient (Wildman–Crippen LogP) is 2.12. The Morgan fingerprint density at radius 2 is 2.19 bits per heavy atom. The van der Waals surface area contributed by atoms with Crippen LogP contribution in [0.25, 0.3) is 11.2 Å². The Labute approximate surface area is 120 Å². The standard InChI is InChI=1S/C16H13N3O2/c20-12-8-7-11-15(18-13-6-1-2-9-19(11)13)14(12)16(21)17-10-4-3-5-10/h1-6,9,20H,7-8H2,(H,17,21). The fraction of sp³-hybridized carbons (Fsp3) is 0.125. The molecule has 21 heavy (non-hydrogen) atoms. The maximum atomic E-state index is 12.4. The average Bonchev–Trinajstić information content (AvgIpc) is 2.80. The molecule has 0 saturated heterocycles. The first kappa shape index (κ1) is 12.0. The third-order valence-electron chi connectivity index (χ3n) is 3.79. The number of imidazole rings is 1. The third-order valence-corrected chi connectivity index (χ3v) is 3.79. The van der Waals surface area contributed by atoms with Gasteiger partial charge in [0.25, 0.3) is 5.91 Å². The van der Waals surface area contributed by atoms with Gasteiger partial charge in [0.2, 0.25) is 0 Å². The van der Waals surface area contributed by atoms with Crippen LogP contribution in [0, 0.1) is 0 Å². The third kappa shape index (κ3) is 1.78. The first-order valence-electron chi connectivity index (χ1n) is 6.82. The Morgan fingerprint density at radius 3 is 2.95 bits per heavy atom. The minimum atomic E-state index is -0.313. The van der Waals surface area contributed by atoms with Crippen LogP contribution < -0.4 is 5.32 Å². The number of pyridine rings is 1. The molecule has 104 valence electrons. The van der Waals surface area contributed by atoms with Gasteiger partial charge in [0.1, 0.15) is 22.7 Å². The minimum Gasteiger partial charge on any atom is -0.511 e. The SMILES string of the molecule is O=C(NC1=CC=C1)C1=C(O)CCc2c1nc1ccccn21. The second-order valence-electron chi connectivity index (χ2n) is 5.09. The number of hydrogen-bond donors (Lipinski definition) is 2. The lowest BCUT2D eigenvalue weighted by Gasteiger charge is -2.17. The summed E-state index contributed by atoms with van der Waals surface area (Å²) in [5.41, 5.74) is 3.35. The molecule has 2 N–H and O–H groups in total. The zero-order valence-electron chi connectivity index (χ0n) is 11.2. The Kier molecular flexibility index (Phi) is 2.47. The molecule has 2 aliphatic carbocycles. The van der Waals surface area contributed by atoms with Crippen LogP contribution in [0.1, 0.15) is 17.8 Å². The largest absolute Gasteiger partial charge is 0.511 e. The molecule has 5 heteroatoms. The molecule has 0 fully saturated rings. The van der Waals surface area contributed by atoms with Crippen LogP contribution >= 0.6 is 0 Å². The lowest BCUT2D eigenvalue weighted by atomic mass is 9.97. The van der Waals surface area contributed by atoms with Crippen molar-refractivity contribution in [2.24, 2.45) is 0 Å². The van der Waals surface area contributed by atoms with Gasteiger partial charge >= 0.3 is 0 Å². The second-order valence-corrected chi connectivity index (χ2v) is 5.09. The number of aryl methyl sites for hydroxylation is 1. The Hall–Kier alpha value is -2.82. The van der Waals surface area contributed by atoms with E-state index in [2.05, 4.69) is 10.3 Å². The van der Waals surface area contributed by atoms with Crippen LogP contribution in [0.15, 0.2) is 54.1 Å². The van der Waals surface area contributed by atoms with E-state index in [9.17, 15) is 9.90 Å². The number of fused-ring (bicyclic) bond motifs is 3. The van der Waals surface area contributed by atoms with E-state index in [1.165, 1.54) is 0 Å². The molecule has 2 aromatic rings. The number of rotatable bonds is 2. The normalized spacial score (nSPS) is 16.5. The number of amides is 1. The van der Waals surface area contributed by atoms with Crippen molar-refractivity contribution in [1.29, 1.82) is 0 Å². The number of nitrogens with one attached hydrogen (secondary N) is 1. The Balaban J connectivity index is 1.81. The summed E-state index contributed by atoms with van der Waals surface area (Å²) in [6.07, 6.45) is 8.52. The summed E-state index contributed by atoms with van der Waals surface area (Å²) < 4.78 is 1.97. The van der Waals surface area contributed by atoms with Crippen LogP contribution in [-0.4, -0.2) is 20.4 Å². The highest BCUT2D eigenvalue weighted by atomic mass is 16.3. The maximum Gasteiger partial charge on any atom is 0.261 e. The summed E-state index contributed by atoms with van der Waals surface area (Å²) in [5, 5.41) is 12.9. The highest BCUT2D eigenvalue weighted by molar-refractivity contribution is 6.21. The molecule has 5 nitrogen and oxygen atoms in total. The average molecular weight is 279 g/mol. The molecule has 2 aromatic heterocycles. The number of hydrogen-bond acceptors (Lipinski definition) is 3. The van der Waals surface area contributed by atoms with E-state index in [0.717, 1.165) is 17.0 Å². The number of aliphatic hydroxyl groups excluding tert-OH is 1. The second kappa shape index (κ2) is 4.34. The van der Waals surface area contributed by atoms with Gasteiger partial charge in [0.15, 0.2) is 0 Å². The molecule has 0 atom stereocenters.